The Hall–Kier alpha value is -3.42. The van der Waals surface area contributed by atoms with Crippen LogP contribution in [-0.4, -0.2) is 47.0 Å². The van der Waals surface area contributed by atoms with Gasteiger partial charge < -0.3 is 19.5 Å². The number of anilines is 2. The second-order valence-corrected chi connectivity index (χ2v) is 6.22. The van der Waals surface area contributed by atoms with E-state index >= 15 is 0 Å². The summed E-state index contributed by atoms with van der Waals surface area (Å²) in [5, 5.41) is 2.84. The number of rotatable bonds is 5. The zero-order valence-corrected chi connectivity index (χ0v) is 14.8. The molecule has 1 aliphatic heterocycles. The van der Waals surface area contributed by atoms with Gasteiger partial charge in [-0.2, -0.15) is 0 Å². The highest BCUT2D eigenvalue weighted by Crippen LogP contribution is 2.18. The monoisotopic (exact) mass is 364 g/mol. The topological polar surface area (TPSA) is 87.4 Å². The Morgan fingerprint density at radius 2 is 1.85 bits per heavy atom. The van der Waals surface area contributed by atoms with E-state index in [1.165, 1.54) is 0 Å². The first-order valence-electron chi connectivity index (χ1n) is 8.82. The molecule has 0 unspecified atom stereocenters. The molecule has 138 valence electrons. The van der Waals surface area contributed by atoms with Crippen molar-refractivity contribution in [1.82, 2.24) is 20.3 Å². The third-order valence-corrected chi connectivity index (χ3v) is 4.47. The zero-order chi connectivity index (χ0) is 18.5. The second-order valence-electron chi connectivity index (χ2n) is 6.22. The van der Waals surface area contributed by atoms with Gasteiger partial charge in [-0.1, -0.05) is 0 Å². The molecule has 4 rings (SSSR count). The largest absolute Gasteiger partial charge is 0.467 e. The first-order chi connectivity index (χ1) is 13.3. The molecule has 27 heavy (non-hydrogen) atoms. The van der Waals surface area contributed by atoms with E-state index in [-0.39, 0.29) is 5.91 Å². The summed E-state index contributed by atoms with van der Waals surface area (Å²) in [7, 11) is 0. The lowest BCUT2D eigenvalue weighted by molar-refractivity contribution is 0.0947. The lowest BCUT2D eigenvalue weighted by atomic mass is 10.2. The van der Waals surface area contributed by atoms with Crippen molar-refractivity contribution < 1.29 is 9.21 Å². The number of amides is 1. The Bertz CT molecular complexity index is 876. The Labute approximate surface area is 156 Å². The number of furan rings is 1. The van der Waals surface area contributed by atoms with Crippen LogP contribution in [0.25, 0.3) is 0 Å². The van der Waals surface area contributed by atoms with Gasteiger partial charge in [-0.3, -0.25) is 9.78 Å². The van der Waals surface area contributed by atoms with Crippen molar-refractivity contribution >= 4 is 17.5 Å². The minimum atomic E-state index is -0.169. The molecule has 0 radical (unpaired) electrons. The highest BCUT2D eigenvalue weighted by atomic mass is 16.3. The first-order valence-corrected chi connectivity index (χ1v) is 8.82. The fourth-order valence-electron chi connectivity index (χ4n) is 3.03. The van der Waals surface area contributed by atoms with Gasteiger partial charge in [0.25, 0.3) is 5.91 Å². The van der Waals surface area contributed by atoms with E-state index < -0.39 is 0 Å². The molecule has 3 aromatic rings. The van der Waals surface area contributed by atoms with Crippen LogP contribution in [-0.2, 0) is 6.54 Å². The fourth-order valence-corrected chi connectivity index (χ4v) is 3.03. The van der Waals surface area contributed by atoms with Crippen LogP contribution in [0.2, 0.25) is 0 Å². The molecule has 1 fully saturated rings. The lowest BCUT2D eigenvalue weighted by Gasteiger charge is -2.35. The smallest absolute Gasteiger partial charge is 0.253 e. The maximum absolute atomic E-state index is 12.4. The molecule has 0 bridgehead atoms. The molecule has 8 nitrogen and oxygen atoms in total. The molecule has 0 atom stereocenters. The number of carbonyl (C=O) groups excluding carboxylic acids is 1. The van der Waals surface area contributed by atoms with E-state index in [1.807, 2.05) is 18.2 Å². The summed E-state index contributed by atoms with van der Waals surface area (Å²) in [6, 6.07) is 7.31. The maximum Gasteiger partial charge on any atom is 0.253 e. The average molecular weight is 364 g/mol. The van der Waals surface area contributed by atoms with Crippen molar-refractivity contribution in [1.29, 1.82) is 0 Å². The summed E-state index contributed by atoms with van der Waals surface area (Å²) in [4.78, 5) is 29.6. The molecule has 0 aromatic carbocycles. The van der Waals surface area contributed by atoms with Gasteiger partial charge in [0.2, 0.25) is 5.95 Å². The average Bonchev–Trinajstić information content (AvgIpc) is 3.27. The molecular formula is C19H20N6O2. The third kappa shape index (κ3) is 4.05. The molecule has 1 amide bonds. The molecule has 1 N–H and O–H groups in total. The van der Waals surface area contributed by atoms with Gasteiger partial charge in [0, 0.05) is 44.8 Å². The van der Waals surface area contributed by atoms with Crippen molar-refractivity contribution in [2.75, 3.05) is 36.0 Å². The van der Waals surface area contributed by atoms with Gasteiger partial charge in [0.15, 0.2) is 0 Å². The van der Waals surface area contributed by atoms with E-state index in [0.29, 0.717) is 17.9 Å². The normalized spacial score (nSPS) is 14.2. The molecule has 0 saturated carbocycles. The van der Waals surface area contributed by atoms with Gasteiger partial charge in [-0.15, -0.1) is 0 Å². The van der Waals surface area contributed by atoms with Crippen LogP contribution in [0.4, 0.5) is 11.6 Å². The Morgan fingerprint density at radius 1 is 1.07 bits per heavy atom. The van der Waals surface area contributed by atoms with Crippen molar-refractivity contribution in [2.45, 2.75) is 6.54 Å². The van der Waals surface area contributed by atoms with Crippen molar-refractivity contribution in [2.24, 2.45) is 0 Å². The van der Waals surface area contributed by atoms with Gasteiger partial charge in [-0.25, -0.2) is 9.97 Å². The van der Waals surface area contributed by atoms with E-state index in [0.717, 1.165) is 37.8 Å². The highest BCUT2D eigenvalue weighted by molar-refractivity contribution is 5.94. The van der Waals surface area contributed by atoms with Crippen molar-refractivity contribution in [3.8, 4) is 0 Å². The van der Waals surface area contributed by atoms with E-state index in [2.05, 4.69) is 30.1 Å². The van der Waals surface area contributed by atoms with Crippen LogP contribution in [0.3, 0.4) is 0 Å². The number of aromatic nitrogens is 3. The summed E-state index contributed by atoms with van der Waals surface area (Å²) in [5.74, 6) is 1.30. The standard InChI is InChI=1S/C19H20N6O2/c26-18(23-14-17-3-1-10-27-17)15-11-16(13-20-12-15)24-6-8-25(9-7-24)19-21-4-2-5-22-19/h1-5,10-13H,6-9,14H2,(H,23,26). The molecule has 1 saturated heterocycles. The van der Waals surface area contributed by atoms with Crippen LogP contribution in [0.15, 0.2) is 59.7 Å². The summed E-state index contributed by atoms with van der Waals surface area (Å²) in [5.41, 5.74) is 1.47. The quantitative estimate of drug-likeness (QED) is 0.737. The van der Waals surface area contributed by atoms with Crippen LogP contribution in [0.5, 0.6) is 0 Å². The predicted octanol–water partition coefficient (Wildman–Crippen LogP) is 1.72. The number of nitrogens with one attached hydrogen (secondary N) is 1. The molecular weight excluding hydrogens is 344 g/mol. The number of carbonyl (C=O) groups is 1. The minimum Gasteiger partial charge on any atom is -0.467 e. The maximum atomic E-state index is 12.4. The SMILES string of the molecule is O=C(NCc1ccco1)c1cncc(N2CCN(c3ncccn3)CC2)c1. The molecule has 0 spiro atoms. The molecule has 0 aliphatic carbocycles. The van der Waals surface area contributed by atoms with E-state index in [4.69, 9.17) is 4.42 Å². The number of piperazine rings is 1. The van der Waals surface area contributed by atoms with Crippen LogP contribution < -0.4 is 15.1 Å². The van der Waals surface area contributed by atoms with Crippen LogP contribution >= 0.6 is 0 Å². The first kappa shape index (κ1) is 17.0. The van der Waals surface area contributed by atoms with E-state index in [1.54, 1.807) is 37.1 Å². The zero-order valence-electron chi connectivity index (χ0n) is 14.8. The number of hydrogen-bond donors (Lipinski definition) is 1. The second kappa shape index (κ2) is 7.86. The number of pyridine rings is 1. The molecule has 4 heterocycles. The lowest BCUT2D eigenvalue weighted by Crippen LogP contribution is -2.47. The number of nitrogens with zero attached hydrogens (tertiary/aromatic N) is 5. The predicted molar refractivity (Wildman–Crippen MR) is 101 cm³/mol. The summed E-state index contributed by atoms with van der Waals surface area (Å²) >= 11 is 0. The van der Waals surface area contributed by atoms with Crippen molar-refractivity contribution in [3.63, 3.8) is 0 Å². The van der Waals surface area contributed by atoms with Gasteiger partial charge in [0.1, 0.15) is 5.76 Å². The summed E-state index contributed by atoms with van der Waals surface area (Å²) in [6.45, 7) is 3.62. The Balaban J connectivity index is 1.37. The molecule has 3 aromatic heterocycles. The molecule has 1 aliphatic rings. The van der Waals surface area contributed by atoms with Crippen LogP contribution in [0, 0.1) is 0 Å². The summed E-state index contributed by atoms with van der Waals surface area (Å²) < 4.78 is 5.23. The Kier molecular flexibility index (Phi) is 4.95. The third-order valence-electron chi connectivity index (χ3n) is 4.47. The van der Waals surface area contributed by atoms with E-state index in [9.17, 15) is 4.79 Å². The van der Waals surface area contributed by atoms with Gasteiger partial charge in [-0.05, 0) is 24.3 Å². The van der Waals surface area contributed by atoms with Gasteiger partial charge in [0.05, 0.1) is 30.3 Å². The summed E-state index contributed by atoms with van der Waals surface area (Å²) in [6.07, 6.45) is 8.46. The van der Waals surface area contributed by atoms with Gasteiger partial charge >= 0.3 is 0 Å². The molecule has 8 heteroatoms. The van der Waals surface area contributed by atoms with Crippen LogP contribution in [0.1, 0.15) is 16.1 Å². The van der Waals surface area contributed by atoms with Crippen molar-refractivity contribution in [3.05, 3.63) is 66.6 Å². The fraction of sp³-hybridized carbons (Fsp3) is 0.263. The minimum absolute atomic E-state index is 0.169. The Morgan fingerprint density at radius 3 is 2.59 bits per heavy atom. The number of hydrogen-bond acceptors (Lipinski definition) is 7. The highest BCUT2D eigenvalue weighted by Gasteiger charge is 2.20.